The molecule has 5 rings (SSSR count). The molecular weight excluding hydrogens is 452 g/mol. The van der Waals surface area contributed by atoms with E-state index >= 15 is 0 Å². The van der Waals surface area contributed by atoms with Crippen LogP contribution in [0.15, 0.2) is 69.9 Å². The summed E-state index contributed by atoms with van der Waals surface area (Å²) in [5.74, 6) is 0.578. The maximum atomic E-state index is 12.9. The minimum Gasteiger partial charge on any atom is -0.309 e. The molecule has 0 bridgehead atoms. The largest absolute Gasteiger partial charge is 0.309 e. The lowest BCUT2D eigenvalue weighted by molar-refractivity contribution is 0.754. The summed E-state index contributed by atoms with van der Waals surface area (Å²) in [5, 5.41) is 15.6. The van der Waals surface area contributed by atoms with Gasteiger partial charge in [-0.05, 0) is 47.2 Å². The molecule has 0 saturated heterocycles. The van der Waals surface area contributed by atoms with E-state index in [1.807, 2.05) is 54.8 Å². The van der Waals surface area contributed by atoms with Crippen molar-refractivity contribution in [2.24, 2.45) is 0 Å². The number of halogens is 1. The number of nitrogens with one attached hydrogen (secondary N) is 1. The average Bonchev–Trinajstić information content (AvgIpc) is 3.42. The van der Waals surface area contributed by atoms with Gasteiger partial charge < -0.3 is 4.98 Å². The Hall–Kier alpha value is -3.01. The molecule has 1 N–H and O–H groups in total. The fraction of sp³-hybridized carbons (Fsp3) is 0.0952. The van der Waals surface area contributed by atoms with E-state index in [-0.39, 0.29) is 10.8 Å². The van der Waals surface area contributed by atoms with Gasteiger partial charge in [-0.25, -0.2) is 4.98 Å². The van der Waals surface area contributed by atoms with E-state index in [1.165, 1.54) is 23.1 Å². The highest BCUT2D eigenvalue weighted by Crippen LogP contribution is 2.35. The Labute approximate surface area is 190 Å². The summed E-state index contributed by atoms with van der Waals surface area (Å²) in [4.78, 5) is 21.3. The first-order valence-electron chi connectivity index (χ1n) is 9.38. The molecule has 0 saturated carbocycles. The second kappa shape index (κ2) is 8.26. The third-order valence-electron chi connectivity index (χ3n) is 4.73. The molecule has 1 unspecified atom stereocenters. The molecule has 0 spiro atoms. The SMILES string of the molecule is CC(Sc1nnnn1-c1ccc(Cl)cc1)c1nc2scc(-c3ccccc3)c2c(=O)[nH]1. The molecule has 3 aromatic heterocycles. The monoisotopic (exact) mass is 466 g/mol. The third-order valence-corrected chi connectivity index (χ3v) is 6.89. The fourth-order valence-corrected chi connectivity index (χ4v) is 5.14. The predicted octanol–water partition coefficient (Wildman–Crippen LogP) is 5.13. The molecule has 0 radical (unpaired) electrons. The van der Waals surface area contributed by atoms with Gasteiger partial charge in [0.05, 0.1) is 16.3 Å². The van der Waals surface area contributed by atoms with Crippen LogP contribution < -0.4 is 5.56 Å². The first-order valence-corrected chi connectivity index (χ1v) is 11.5. The van der Waals surface area contributed by atoms with Crippen LogP contribution in [0.5, 0.6) is 0 Å². The molecule has 10 heteroatoms. The maximum absolute atomic E-state index is 12.9. The van der Waals surface area contributed by atoms with Gasteiger partial charge in [0.1, 0.15) is 10.7 Å². The molecule has 7 nitrogen and oxygen atoms in total. The molecule has 1 atom stereocenters. The van der Waals surface area contributed by atoms with Gasteiger partial charge in [-0.15, -0.1) is 16.4 Å². The smallest absolute Gasteiger partial charge is 0.260 e. The first-order chi connectivity index (χ1) is 15.1. The number of thiophene rings is 1. The van der Waals surface area contributed by atoms with Crippen molar-refractivity contribution in [3.63, 3.8) is 0 Å². The van der Waals surface area contributed by atoms with Crippen molar-refractivity contribution >= 4 is 44.9 Å². The van der Waals surface area contributed by atoms with Crippen molar-refractivity contribution in [2.45, 2.75) is 17.3 Å². The Morgan fingerprint density at radius 3 is 2.68 bits per heavy atom. The van der Waals surface area contributed by atoms with Crippen LogP contribution in [0.1, 0.15) is 18.0 Å². The number of aromatic nitrogens is 6. The molecule has 2 aromatic carbocycles. The van der Waals surface area contributed by atoms with E-state index in [0.717, 1.165) is 16.8 Å². The summed E-state index contributed by atoms with van der Waals surface area (Å²) < 4.78 is 1.63. The van der Waals surface area contributed by atoms with Gasteiger partial charge in [-0.3, -0.25) is 4.79 Å². The quantitative estimate of drug-likeness (QED) is 0.361. The number of thioether (sulfide) groups is 1. The lowest BCUT2D eigenvalue weighted by Gasteiger charge is -2.10. The van der Waals surface area contributed by atoms with Crippen LogP contribution >= 0.6 is 34.7 Å². The molecule has 0 fully saturated rings. The zero-order valence-electron chi connectivity index (χ0n) is 16.2. The van der Waals surface area contributed by atoms with Gasteiger partial charge in [0.25, 0.3) is 5.56 Å². The zero-order chi connectivity index (χ0) is 21.4. The lowest BCUT2D eigenvalue weighted by Crippen LogP contribution is -2.12. The van der Waals surface area contributed by atoms with Gasteiger partial charge in [-0.1, -0.05) is 53.7 Å². The molecule has 31 heavy (non-hydrogen) atoms. The minimum atomic E-state index is -0.170. The second-order valence-electron chi connectivity index (χ2n) is 6.76. The van der Waals surface area contributed by atoms with Gasteiger partial charge in [0, 0.05) is 16.0 Å². The number of rotatable bonds is 5. The Morgan fingerprint density at radius 2 is 1.90 bits per heavy atom. The van der Waals surface area contributed by atoms with Crippen LogP contribution in [0.25, 0.3) is 27.0 Å². The van der Waals surface area contributed by atoms with Crippen LogP contribution in [-0.4, -0.2) is 30.2 Å². The van der Waals surface area contributed by atoms with Crippen LogP contribution in [0.2, 0.25) is 5.02 Å². The van der Waals surface area contributed by atoms with Crippen molar-refractivity contribution in [3.8, 4) is 16.8 Å². The van der Waals surface area contributed by atoms with Crippen molar-refractivity contribution in [2.75, 3.05) is 0 Å². The zero-order valence-corrected chi connectivity index (χ0v) is 18.6. The van der Waals surface area contributed by atoms with Crippen molar-refractivity contribution in [1.82, 2.24) is 30.2 Å². The van der Waals surface area contributed by atoms with Gasteiger partial charge >= 0.3 is 0 Å². The second-order valence-corrected chi connectivity index (χ2v) is 9.36. The Bertz CT molecular complexity index is 1410. The van der Waals surface area contributed by atoms with Crippen molar-refractivity contribution in [3.05, 3.63) is 81.2 Å². The number of hydrogen-bond donors (Lipinski definition) is 1. The van der Waals surface area contributed by atoms with Crippen molar-refractivity contribution in [1.29, 1.82) is 0 Å². The van der Waals surface area contributed by atoms with Gasteiger partial charge in [-0.2, -0.15) is 4.68 Å². The summed E-state index contributed by atoms with van der Waals surface area (Å²) in [7, 11) is 0. The van der Waals surface area contributed by atoms with E-state index < -0.39 is 0 Å². The number of fused-ring (bicyclic) bond motifs is 1. The highest BCUT2D eigenvalue weighted by molar-refractivity contribution is 7.99. The summed E-state index contributed by atoms with van der Waals surface area (Å²) >= 11 is 8.85. The number of tetrazole rings is 1. The number of nitrogens with zero attached hydrogens (tertiary/aromatic N) is 5. The third kappa shape index (κ3) is 3.87. The maximum Gasteiger partial charge on any atom is 0.260 e. The van der Waals surface area contributed by atoms with Crippen LogP contribution in [0.4, 0.5) is 0 Å². The van der Waals surface area contributed by atoms with Gasteiger partial charge in [0.15, 0.2) is 0 Å². The van der Waals surface area contributed by atoms with E-state index in [9.17, 15) is 4.79 Å². The van der Waals surface area contributed by atoms with E-state index in [2.05, 4.69) is 20.5 Å². The lowest BCUT2D eigenvalue weighted by atomic mass is 10.1. The predicted molar refractivity (Wildman–Crippen MR) is 124 cm³/mol. The molecule has 154 valence electrons. The van der Waals surface area contributed by atoms with Crippen LogP contribution in [-0.2, 0) is 0 Å². The molecule has 0 amide bonds. The number of benzene rings is 2. The summed E-state index contributed by atoms with van der Waals surface area (Å²) in [6, 6.07) is 17.1. The highest BCUT2D eigenvalue weighted by atomic mass is 35.5. The van der Waals surface area contributed by atoms with Crippen LogP contribution in [0.3, 0.4) is 0 Å². The molecule has 0 aliphatic heterocycles. The minimum absolute atomic E-state index is 0.148. The summed E-state index contributed by atoms with van der Waals surface area (Å²) in [5.41, 5.74) is 2.54. The van der Waals surface area contributed by atoms with Gasteiger partial charge in [0.2, 0.25) is 5.16 Å². The average molecular weight is 467 g/mol. The summed E-state index contributed by atoms with van der Waals surface area (Å²) in [6.45, 7) is 1.96. The number of H-pyrrole nitrogens is 1. The van der Waals surface area contributed by atoms with E-state index in [4.69, 9.17) is 16.6 Å². The Morgan fingerprint density at radius 1 is 1.13 bits per heavy atom. The Kier molecular flexibility index (Phi) is 5.31. The summed E-state index contributed by atoms with van der Waals surface area (Å²) in [6.07, 6.45) is 0. The standard InChI is InChI=1S/C21H15ClN6OS2/c1-12(31-21-25-26-27-28(21)15-9-7-14(22)8-10-15)18-23-19(29)17-16(11-30-20(17)24-18)13-5-3-2-4-6-13/h2-12H,1H3,(H,23,24,29). The van der Waals surface area contributed by atoms with E-state index in [0.29, 0.717) is 26.2 Å². The first kappa shape index (κ1) is 19.9. The van der Waals surface area contributed by atoms with E-state index in [1.54, 1.807) is 16.8 Å². The topological polar surface area (TPSA) is 89.3 Å². The normalized spacial score (nSPS) is 12.3. The van der Waals surface area contributed by atoms with Crippen LogP contribution in [0, 0.1) is 0 Å². The molecular formula is C21H15ClN6OS2. The molecule has 3 heterocycles. The molecule has 0 aliphatic carbocycles. The van der Waals surface area contributed by atoms with Crippen molar-refractivity contribution < 1.29 is 0 Å². The Balaban J connectivity index is 1.47. The molecule has 0 aliphatic rings. The highest BCUT2D eigenvalue weighted by Gasteiger charge is 2.19. The molecule has 5 aromatic rings. The number of hydrogen-bond acceptors (Lipinski definition) is 7. The number of aromatic amines is 1. The fourth-order valence-electron chi connectivity index (χ4n) is 3.20.